The minimum Gasteiger partial charge on any atom is -0.374 e. The molecule has 1 aliphatic rings. The number of aromatic nitrogens is 2. The minimum atomic E-state index is -0.664. The molecule has 7 heteroatoms. The average molecular weight is 529 g/mol. The fraction of sp³-hybridized carbons (Fsp3) is 0.414. The van der Waals surface area contributed by atoms with Crippen molar-refractivity contribution >= 4 is 28.6 Å². The van der Waals surface area contributed by atoms with Crippen molar-refractivity contribution in [3.63, 3.8) is 0 Å². The molecule has 0 fully saturated rings. The number of hydrogen-bond acceptors (Lipinski definition) is 5. The molecule has 2 atom stereocenters. The molecule has 1 aliphatic heterocycles. The lowest BCUT2D eigenvalue weighted by Gasteiger charge is -2.40. The maximum Gasteiger partial charge on any atom is 0.183 e. The SMILES string of the molecule is C=C/C=C1\C(=C/CC)NC(C)(CCC)c2ccc(C)n21.CCNC(O)c1ccsc(Cl)nc(C)cc1. The lowest BCUT2D eigenvalue weighted by Crippen LogP contribution is -2.45. The predicted octanol–water partition coefficient (Wildman–Crippen LogP) is 7.57. The van der Waals surface area contributed by atoms with Gasteiger partial charge < -0.3 is 15.0 Å². The van der Waals surface area contributed by atoms with E-state index in [1.54, 1.807) is 0 Å². The summed E-state index contributed by atoms with van der Waals surface area (Å²) in [5, 5.41) is 18.3. The van der Waals surface area contributed by atoms with Gasteiger partial charge in [0.05, 0.1) is 16.9 Å². The predicted molar refractivity (Wildman–Crippen MR) is 156 cm³/mol. The minimum absolute atomic E-state index is 0.00250. The molecule has 36 heavy (non-hydrogen) atoms. The zero-order chi connectivity index (χ0) is 26.7. The molecule has 3 rings (SSSR count). The number of aliphatic hydroxyl groups is 1. The molecule has 0 amide bonds. The van der Waals surface area contributed by atoms with Crippen molar-refractivity contribution in [3.05, 3.63) is 93.3 Å². The van der Waals surface area contributed by atoms with Crippen molar-refractivity contribution in [3.8, 4) is 0 Å². The first kappa shape index (κ1) is 29.8. The van der Waals surface area contributed by atoms with Gasteiger partial charge in [-0.25, -0.2) is 4.98 Å². The fourth-order valence-corrected chi connectivity index (χ4v) is 5.12. The van der Waals surface area contributed by atoms with Crippen molar-refractivity contribution in [1.82, 2.24) is 20.2 Å². The third-order valence-electron chi connectivity index (χ3n) is 5.92. The average Bonchev–Trinajstić information content (AvgIpc) is 3.24. The van der Waals surface area contributed by atoms with E-state index >= 15 is 0 Å². The summed E-state index contributed by atoms with van der Waals surface area (Å²) in [5.41, 5.74) is 6.64. The van der Waals surface area contributed by atoms with Crippen LogP contribution in [-0.2, 0) is 5.54 Å². The van der Waals surface area contributed by atoms with Crippen molar-refractivity contribution in [2.75, 3.05) is 6.54 Å². The highest BCUT2D eigenvalue weighted by molar-refractivity contribution is 7.13. The maximum absolute atomic E-state index is 9.80. The van der Waals surface area contributed by atoms with Gasteiger partial charge in [0.1, 0.15) is 6.23 Å². The van der Waals surface area contributed by atoms with Crippen molar-refractivity contribution in [2.45, 2.75) is 72.6 Å². The van der Waals surface area contributed by atoms with E-state index in [2.05, 4.69) is 78.7 Å². The first-order valence-electron chi connectivity index (χ1n) is 12.6. The second kappa shape index (κ2) is 14.4. The maximum atomic E-state index is 9.80. The molecule has 0 radical (unpaired) electrons. The van der Waals surface area contributed by atoms with Gasteiger partial charge in [-0.15, -0.1) is 11.3 Å². The molecule has 2 unspecified atom stereocenters. The molecule has 3 heterocycles. The lowest BCUT2D eigenvalue weighted by atomic mass is 9.89. The van der Waals surface area contributed by atoms with Crippen molar-refractivity contribution < 1.29 is 5.11 Å². The Morgan fingerprint density at radius 2 is 1.97 bits per heavy atom. The van der Waals surface area contributed by atoms with Crippen LogP contribution in [0.5, 0.6) is 0 Å². The summed E-state index contributed by atoms with van der Waals surface area (Å²) in [6.45, 7) is 17.3. The molecule has 0 aliphatic carbocycles. The molecular weight excluding hydrogens is 488 g/mol. The van der Waals surface area contributed by atoms with E-state index < -0.39 is 6.23 Å². The Hall–Kier alpha value is -2.38. The first-order valence-corrected chi connectivity index (χ1v) is 13.8. The van der Waals surface area contributed by atoms with Gasteiger partial charge in [-0.05, 0) is 81.4 Å². The normalized spacial score (nSPS) is 19.6. The van der Waals surface area contributed by atoms with Gasteiger partial charge in [-0.2, -0.15) is 0 Å². The third-order valence-corrected chi connectivity index (χ3v) is 6.83. The van der Waals surface area contributed by atoms with Crippen molar-refractivity contribution in [2.24, 2.45) is 0 Å². The number of hydrogen-bond donors (Lipinski definition) is 3. The molecule has 0 spiro atoms. The monoisotopic (exact) mass is 528 g/mol. The van der Waals surface area contributed by atoms with Crippen molar-refractivity contribution in [1.29, 1.82) is 0 Å². The molecular formula is C29H41ClN4OS. The molecule has 0 saturated carbocycles. The van der Waals surface area contributed by atoms with E-state index in [-0.39, 0.29) is 5.54 Å². The Kier molecular flexibility index (Phi) is 11.9. The number of rotatable bonds is 7. The fourth-order valence-electron chi connectivity index (χ4n) is 4.30. The van der Waals surface area contributed by atoms with Gasteiger partial charge in [0, 0.05) is 17.1 Å². The zero-order valence-corrected chi connectivity index (χ0v) is 24.0. The highest BCUT2D eigenvalue weighted by atomic mass is 35.5. The van der Waals surface area contributed by atoms with Crippen LogP contribution in [0.2, 0.25) is 4.47 Å². The highest BCUT2D eigenvalue weighted by Crippen LogP contribution is 2.38. The van der Waals surface area contributed by atoms with Crippen LogP contribution >= 0.6 is 22.9 Å². The second-order valence-corrected chi connectivity index (χ2v) is 10.4. The van der Waals surface area contributed by atoms with Gasteiger partial charge in [0.2, 0.25) is 0 Å². The van der Waals surface area contributed by atoms with Gasteiger partial charge in [-0.3, -0.25) is 5.32 Å². The summed E-state index contributed by atoms with van der Waals surface area (Å²) in [7, 11) is 0. The molecule has 0 saturated heterocycles. The lowest BCUT2D eigenvalue weighted by molar-refractivity contribution is 0.142. The van der Waals surface area contributed by atoms with E-state index in [0.717, 1.165) is 30.5 Å². The Morgan fingerprint density at radius 3 is 2.61 bits per heavy atom. The van der Waals surface area contributed by atoms with Gasteiger partial charge >= 0.3 is 0 Å². The number of aryl methyl sites for hydroxylation is 2. The summed E-state index contributed by atoms with van der Waals surface area (Å²) < 4.78 is 2.84. The number of fused-ring (bicyclic) bond motifs is 1. The summed E-state index contributed by atoms with van der Waals surface area (Å²) in [5.74, 6) is 0. The van der Waals surface area contributed by atoms with E-state index in [0.29, 0.717) is 11.0 Å². The second-order valence-electron chi connectivity index (χ2n) is 8.94. The van der Waals surface area contributed by atoms with Gasteiger partial charge in [-0.1, -0.05) is 63.6 Å². The smallest absolute Gasteiger partial charge is 0.183 e. The number of nitrogens with zero attached hydrogens (tertiary/aromatic N) is 2. The largest absolute Gasteiger partial charge is 0.374 e. The van der Waals surface area contributed by atoms with E-state index in [9.17, 15) is 5.11 Å². The standard InChI is InChI=1S/C18H26N2.C11H15ClN2OS/c1-6-9-15-16(10-7-2)20-14(4)11-12-17(20)18(5,19-15)13-8-3;1-3-13-10(15)9-5-4-8(2)14-11(12)16-7-6-9/h7,9-12,19H,2,6,8,13H2,1,3-5H3;4-7,10,13,15H,3H2,1-2H3/b15-9+,16-10+;. The summed E-state index contributed by atoms with van der Waals surface area (Å²) in [6.07, 6.45) is 8.87. The number of nitrogens with one attached hydrogen (secondary N) is 2. The summed E-state index contributed by atoms with van der Waals surface area (Å²) in [6, 6.07) is 9.94. The third kappa shape index (κ3) is 7.81. The molecule has 196 valence electrons. The molecule has 5 nitrogen and oxygen atoms in total. The molecule has 0 bridgehead atoms. The molecule has 3 N–H and O–H groups in total. The number of aliphatic hydroxyl groups excluding tert-OH is 1. The Labute approximate surface area is 226 Å². The summed E-state index contributed by atoms with van der Waals surface area (Å²) in [4.78, 5) is 4.14. The first-order chi connectivity index (χ1) is 17.2. The van der Waals surface area contributed by atoms with Crippen LogP contribution in [0.4, 0.5) is 0 Å². The quantitative estimate of drug-likeness (QED) is 0.324. The van der Waals surface area contributed by atoms with Crippen LogP contribution in [0, 0.1) is 13.8 Å². The zero-order valence-electron chi connectivity index (χ0n) is 22.4. The van der Waals surface area contributed by atoms with Crippen LogP contribution < -0.4 is 10.6 Å². The molecule has 2 aromatic rings. The number of allylic oxidation sites excluding steroid dienone is 4. The molecule has 0 aromatic carbocycles. The van der Waals surface area contributed by atoms with Crippen LogP contribution in [0.1, 0.15) is 75.8 Å². The van der Waals surface area contributed by atoms with Crippen LogP contribution in [0.3, 0.4) is 0 Å². The van der Waals surface area contributed by atoms with Crippen LogP contribution in [0.25, 0.3) is 5.70 Å². The van der Waals surface area contributed by atoms with Crippen LogP contribution in [0.15, 0.2) is 66.2 Å². The molecule has 2 aromatic heterocycles. The van der Waals surface area contributed by atoms with Crippen LogP contribution in [-0.4, -0.2) is 21.2 Å². The van der Waals surface area contributed by atoms with Gasteiger partial charge in [0.25, 0.3) is 0 Å². The Morgan fingerprint density at radius 1 is 1.22 bits per heavy atom. The Balaban J connectivity index is 0.000000261. The summed E-state index contributed by atoms with van der Waals surface area (Å²) >= 11 is 7.19. The van der Waals surface area contributed by atoms with E-state index in [1.165, 1.54) is 34.1 Å². The van der Waals surface area contributed by atoms with Gasteiger partial charge in [0.15, 0.2) is 4.47 Å². The van der Waals surface area contributed by atoms with E-state index in [1.807, 2.05) is 43.5 Å². The number of halogens is 1. The Bertz CT molecular complexity index is 1130. The van der Waals surface area contributed by atoms with E-state index in [4.69, 9.17) is 11.6 Å². The topological polar surface area (TPSA) is 62.1 Å². The highest BCUT2D eigenvalue weighted by Gasteiger charge is 2.35.